The molecule has 0 radical (unpaired) electrons. The molecule has 0 heterocycles. The van der Waals surface area contributed by atoms with Gasteiger partial charge in [0.1, 0.15) is 0 Å². The molecule has 7 nitrogen and oxygen atoms in total. The van der Waals surface area contributed by atoms with E-state index in [9.17, 15) is 46.0 Å². The monoisotopic (exact) mass is 601 g/mol. The maximum atomic E-state index is 13.4. The minimum Gasteiger partial charge on any atom is -0.338 e. The van der Waals surface area contributed by atoms with E-state index in [0.29, 0.717) is 22.7 Å². The third kappa shape index (κ3) is 8.68. The molecule has 218 valence electrons. The molecule has 0 saturated carbocycles. The molecular weight excluding hydrogens is 580 g/mol. The molecule has 3 rings (SSSR count). The Labute approximate surface area is 234 Å². The predicted molar refractivity (Wildman–Crippen MR) is 138 cm³/mol. The number of nitro benzene ring substituents is 1. The van der Waals surface area contributed by atoms with Crippen molar-refractivity contribution in [2.75, 3.05) is 12.4 Å². The lowest BCUT2D eigenvalue weighted by Crippen LogP contribution is -2.39. The van der Waals surface area contributed by atoms with Crippen LogP contribution in [0.15, 0.2) is 66.7 Å². The summed E-state index contributed by atoms with van der Waals surface area (Å²) >= 11 is 5.91. The molecule has 1 N–H and O–H groups in total. The van der Waals surface area contributed by atoms with Crippen LogP contribution in [0.1, 0.15) is 39.9 Å². The maximum Gasteiger partial charge on any atom is 0.416 e. The van der Waals surface area contributed by atoms with Crippen LogP contribution < -0.4 is 5.32 Å². The van der Waals surface area contributed by atoms with Crippen molar-refractivity contribution in [2.45, 2.75) is 37.7 Å². The summed E-state index contributed by atoms with van der Waals surface area (Å²) in [6.07, 6.45) is -10.5. The van der Waals surface area contributed by atoms with Gasteiger partial charge in [0.15, 0.2) is 0 Å². The maximum absolute atomic E-state index is 13.4. The van der Waals surface area contributed by atoms with Crippen LogP contribution in [-0.4, -0.2) is 34.7 Å². The number of hydrogen-bond acceptors (Lipinski definition) is 4. The lowest BCUT2D eigenvalue weighted by atomic mass is 9.98. The van der Waals surface area contributed by atoms with E-state index in [-0.39, 0.29) is 36.7 Å². The highest BCUT2D eigenvalue weighted by Gasteiger charge is 2.38. The highest BCUT2D eigenvalue weighted by molar-refractivity contribution is 6.30. The summed E-state index contributed by atoms with van der Waals surface area (Å²) in [5.74, 6) is -1.69. The van der Waals surface area contributed by atoms with E-state index in [4.69, 9.17) is 11.6 Å². The fourth-order valence-electron chi connectivity index (χ4n) is 3.99. The van der Waals surface area contributed by atoms with Crippen molar-refractivity contribution in [3.8, 4) is 0 Å². The Morgan fingerprint density at radius 1 is 0.951 bits per heavy atom. The fourth-order valence-corrected chi connectivity index (χ4v) is 4.12. The molecule has 0 aliphatic rings. The number of nitro groups is 1. The molecule has 0 aliphatic heterocycles. The number of carbonyl (C=O) groups is 2. The standard InChI is InChI=1S/C27H22ClF6N3O4/c1-36(25(39)17-12-18(26(29,30)31)14-19(13-17)27(32,33)34)22(11-16-5-7-20(28)8-6-16)9-10-24(38)35-21-3-2-4-23(15-21)37(40)41/h2-8,12-15,22H,9-11H2,1H3,(H,35,38). The van der Waals surface area contributed by atoms with Crippen LogP contribution in [0.3, 0.4) is 0 Å². The fraction of sp³-hybridized carbons (Fsp3) is 0.259. The number of non-ortho nitro benzene ring substituents is 1. The van der Waals surface area contributed by atoms with Crippen LogP contribution in [0.5, 0.6) is 0 Å². The van der Waals surface area contributed by atoms with Gasteiger partial charge < -0.3 is 10.2 Å². The Kier molecular flexibility index (Phi) is 9.64. The van der Waals surface area contributed by atoms with Crippen molar-refractivity contribution in [3.63, 3.8) is 0 Å². The summed E-state index contributed by atoms with van der Waals surface area (Å²) in [4.78, 5) is 37.2. The lowest BCUT2D eigenvalue weighted by molar-refractivity contribution is -0.384. The number of halogens is 7. The molecule has 0 bridgehead atoms. The first-order chi connectivity index (χ1) is 19.0. The molecule has 2 amide bonds. The Hall–Kier alpha value is -4.13. The molecule has 1 unspecified atom stereocenters. The van der Waals surface area contributed by atoms with Crippen LogP contribution in [0.4, 0.5) is 37.7 Å². The first-order valence-electron chi connectivity index (χ1n) is 11.9. The summed E-state index contributed by atoms with van der Waals surface area (Å²) in [6, 6.07) is 11.3. The van der Waals surface area contributed by atoms with Crippen molar-refractivity contribution in [1.82, 2.24) is 4.90 Å². The normalized spacial score (nSPS) is 12.5. The summed E-state index contributed by atoms with van der Waals surface area (Å²) in [7, 11) is 1.22. The van der Waals surface area contributed by atoms with Gasteiger partial charge in [-0.15, -0.1) is 0 Å². The molecule has 3 aromatic carbocycles. The lowest BCUT2D eigenvalue weighted by Gasteiger charge is -2.29. The first kappa shape index (κ1) is 31.4. The summed E-state index contributed by atoms with van der Waals surface area (Å²) in [6.45, 7) is 0. The van der Waals surface area contributed by atoms with Crippen LogP contribution in [0, 0.1) is 10.1 Å². The summed E-state index contributed by atoms with van der Waals surface area (Å²) < 4.78 is 80.1. The molecule has 1 atom stereocenters. The van der Waals surface area contributed by atoms with Crippen LogP contribution in [-0.2, 0) is 23.6 Å². The van der Waals surface area contributed by atoms with Gasteiger partial charge in [-0.05, 0) is 54.8 Å². The molecule has 14 heteroatoms. The van der Waals surface area contributed by atoms with Gasteiger partial charge in [0.2, 0.25) is 5.91 Å². The van der Waals surface area contributed by atoms with Gasteiger partial charge in [-0.1, -0.05) is 29.8 Å². The van der Waals surface area contributed by atoms with E-state index >= 15 is 0 Å². The van der Waals surface area contributed by atoms with E-state index in [1.165, 1.54) is 25.2 Å². The van der Waals surface area contributed by atoms with E-state index in [0.717, 1.165) is 11.0 Å². The molecule has 0 aromatic heterocycles. The highest BCUT2D eigenvalue weighted by Crippen LogP contribution is 2.36. The Morgan fingerprint density at radius 2 is 1.54 bits per heavy atom. The second-order valence-corrected chi connectivity index (χ2v) is 9.53. The van der Waals surface area contributed by atoms with Crippen LogP contribution in [0.2, 0.25) is 5.02 Å². The van der Waals surface area contributed by atoms with Crippen molar-refractivity contribution < 1.29 is 40.9 Å². The molecule has 3 aromatic rings. The molecular formula is C27H22ClF6N3O4. The molecule has 0 spiro atoms. The number of nitrogens with zero attached hydrogens (tertiary/aromatic N) is 2. The molecule has 41 heavy (non-hydrogen) atoms. The topological polar surface area (TPSA) is 92.6 Å². The number of rotatable bonds is 9. The third-order valence-electron chi connectivity index (χ3n) is 6.13. The Balaban J connectivity index is 1.87. The number of carbonyl (C=O) groups excluding carboxylic acids is 2. The number of benzene rings is 3. The average Bonchev–Trinajstić information content (AvgIpc) is 2.90. The Morgan fingerprint density at radius 3 is 2.07 bits per heavy atom. The van der Waals surface area contributed by atoms with Gasteiger partial charge in [0.25, 0.3) is 11.6 Å². The predicted octanol–water partition coefficient (Wildman–Crippen LogP) is 7.39. The SMILES string of the molecule is CN(C(=O)c1cc(C(F)(F)F)cc(C(F)(F)F)c1)C(CCC(=O)Nc1cccc([N+](=O)[O-])c1)Cc1ccc(Cl)cc1. The van der Waals surface area contributed by atoms with Gasteiger partial charge in [-0.2, -0.15) is 26.3 Å². The van der Waals surface area contributed by atoms with Crippen molar-refractivity contribution in [1.29, 1.82) is 0 Å². The molecule has 0 fully saturated rings. The summed E-state index contributed by atoms with van der Waals surface area (Å²) in [5.41, 5.74) is -3.56. The van der Waals surface area contributed by atoms with E-state index in [2.05, 4.69) is 5.32 Å². The Bertz CT molecular complexity index is 1400. The number of hydrogen-bond donors (Lipinski definition) is 1. The first-order valence-corrected chi connectivity index (χ1v) is 12.3. The minimum atomic E-state index is -5.14. The van der Waals surface area contributed by atoms with Gasteiger partial charge in [0, 0.05) is 47.9 Å². The zero-order valence-electron chi connectivity index (χ0n) is 21.2. The van der Waals surface area contributed by atoms with Gasteiger partial charge in [-0.3, -0.25) is 19.7 Å². The minimum absolute atomic E-state index is 0.0449. The molecule has 0 aliphatic carbocycles. The average molecular weight is 602 g/mol. The number of amides is 2. The highest BCUT2D eigenvalue weighted by atomic mass is 35.5. The number of nitrogens with one attached hydrogen (secondary N) is 1. The zero-order chi connectivity index (χ0) is 30.5. The second-order valence-electron chi connectivity index (χ2n) is 9.09. The van der Waals surface area contributed by atoms with Crippen LogP contribution >= 0.6 is 11.6 Å². The third-order valence-corrected chi connectivity index (χ3v) is 6.38. The van der Waals surface area contributed by atoms with Gasteiger partial charge in [0.05, 0.1) is 16.1 Å². The van der Waals surface area contributed by atoms with Gasteiger partial charge >= 0.3 is 12.4 Å². The van der Waals surface area contributed by atoms with Crippen molar-refractivity contribution >= 4 is 34.8 Å². The number of alkyl halides is 6. The van der Waals surface area contributed by atoms with E-state index in [1.807, 2.05) is 0 Å². The number of anilines is 1. The van der Waals surface area contributed by atoms with Gasteiger partial charge in [-0.25, -0.2) is 0 Å². The molecule has 0 saturated heterocycles. The quantitative estimate of drug-likeness (QED) is 0.157. The van der Waals surface area contributed by atoms with E-state index in [1.54, 1.807) is 24.3 Å². The van der Waals surface area contributed by atoms with Crippen molar-refractivity contribution in [3.05, 3.63) is 104 Å². The largest absolute Gasteiger partial charge is 0.416 e. The number of likely N-dealkylation sites (N-methyl/N-ethyl adjacent to an activating group) is 1. The smallest absolute Gasteiger partial charge is 0.338 e. The van der Waals surface area contributed by atoms with Crippen molar-refractivity contribution in [2.24, 2.45) is 0 Å². The second kappa shape index (κ2) is 12.6. The summed E-state index contributed by atoms with van der Waals surface area (Å²) in [5, 5.41) is 13.9. The zero-order valence-corrected chi connectivity index (χ0v) is 22.0. The van der Waals surface area contributed by atoms with Crippen LogP contribution in [0.25, 0.3) is 0 Å². The van der Waals surface area contributed by atoms with E-state index < -0.39 is 51.8 Å².